The molecule has 0 saturated carbocycles. The maximum absolute atomic E-state index is 13.7. The molecule has 8 heteroatoms. The van der Waals surface area contributed by atoms with Crippen molar-refractivity contribution in [2.75, 3.05) is 0 Å². The monoisotopic (exact) mass is 310 g/mol. The van der Waals surface area contributed by atoms with Crippen LogP contribution in [0.5, 0.6) is 0 Å². The lowest BCUT2D eigenvalue weighted by molar-refractivity contribution is 0.576. The van der Waals surface area contributed by atoms with Crippen molar-refractivity contribution >= 4 is 10.0 Å². The van der Waals surface area contributed by atoms with Gasteiger partial charge in [-0.2, -0.15) is 0 Å². The number of halogens is 1. The number of hydrogen-bond donors (Lipinski definition) is 2. The Kier molecular flexibility index (Phi) is 4.61. The maximum Gasteiger partial charge on any atom is 0.240 e. The fourth-order valence-electron chi connectivity index (χ4n) is 1.79. The van der Waals surface area contributed by atoms with Crippen molar-refractivity contribution < 1.29 is 12.8 Å². The van der Waals surface area contributed by atoms with Crippen LogP contribution < -0.4 is 10.5 Å². The lowest BCUT2D eigenvalue weighted by atomic mass is 10.1. The smallest absolute Gasteiger partial charge is 0.240 e. The molecule has 1 heterocycles. The zero-order valence-electron chi connectivity index (χ0n) is 11.4. The maximum atomic E-state index is 13.7. The summed E-state index contributed by atoms with van der Waals surface area (Å²) in [7, 11) is -3.76. The van der Waals surface area contributed by atoms with Gasteiger partial charge in [0.25, 0.3) is 0 Å². The van der Waals surface area contributed by atoms with Gasteiger partial charge in [0.05, 0.1) is 17.1 Å². The Hall–Kier alpha value is -1.90. The van der Waals surface area contributed by atoms with E-state index in [4.69, 9.17) is 5.73 Å². The molecule has 0 radical (unpaired) electrons. The molecule has 0 atom stereocenters. The van der Waals surface area contributed by atoms with Crippen molar-refractivity contribution in [3.05, 3.63) is 53.4 Å². The summed E-state index contributed by atoms with van der Waals surface area (Å²) >= 11 is 0. The van der Waals surface area contributed by atoms with Gasteiger partial charge in [-0.3, -0.25) is 0 Å². The van der Waals surface area contributed by atoms with Crippen LogP contribution in [0.15, 0.2) is 35.6 Å². The molecule has 0 unspecified atom stereocenters. The summed E-state index contributed by atoms with van der Waals surface area (Å²) < 4.78 is 40.6. The molecule has 0 aliphatic carbocycles. The van der Waals surface area contributed by atoms with E-state index >= 15 is 0 Å². The first-order valence-corrected chi connectivity index (χ1v) is 7.66. The van der Waals surface area contributed by atoms with E-state index in [1.54, 1.807) is 6.07 Å². The van der Waals surface area contributed by atoms with E-state index in [1.165, 1.54) is 31.6 Å². The summed E-state index contributed by atoms with van der Waals surface area (Å²) in [6, 6.07) is 4.12. The minimum Gasteiger partial charge on any atom is -0.326 e. The topological polar surface area (TPSA) is 98.0 Å². The molecule has 0 aliphatic rings. The fraction of sp³-hybridized carbons (Fsp3) is 0.231. The Bertz CT molecular complexity index is 735. The first kappa shape index (κ1) is 15.5. The molecule has 21 heavy (non-hydrogen) atoms. The third-order valence-electron chi connectivity index (χ3n) is 2.92. The van der Waals surface area contributed by atoms with Crippen LogP contribution in [-0.4, -0.2) is 18.4 Å². The number of aryl methyl sites for hydroxylation is 1. The number of nitrogens with two attached hydrogens (primary N) is 1. The number of rotatable bonds is 5. The summed E-state index contributed by atoms with van der Waals surface area (Å²) in [5, 5.41) is 0. The van der Waals surface area contributed by atoms with Gasteiger partial charge in [-0.05, 0) is 30.7 Å². The van der Waals surface area contributed by atoms with Crippen molar-refractivity contribution in [2.24, 2.45) is 5.73 Å². The molecule has 2 rings (SSSR count). The van der Waals surface area contributed by atoms with Crippen LogP contribution in [0.3, 0.4) is 0 Å². The van der Waals surface area contributed by atoms with Crippen molar-refractivity contribution in [3.8, 4) is 0 Å². The van der Waals surface area contributed by atoms with Gasteiger partial charge < -0.3 is 5.73 Å². The minimum absolute atomic E-state index is 0.0177. The Labute approximate surface area is 122 Å². The fourth-order valence-corrected chi connectivity index (χ4v) is 2.92. The van der Waals surface area contributed by atoms with E-state index < -0.39 is 15.8 Å². The average Bonchev–Trinajstić information content (AvgIpc) is 2.49. The van der Waals surface area contributed by atoms with Crippen molar-refractivity contribution in [1.82, 2.24) is 14.7 Å². The summed E-state index contributed by atoms with van der Waals surface area (Å²) in [5.41, 5.74) is 6.36. The molecule has 1 aromatic carbocycles. The van der Waals surface area contributed by atoms with E-state index in [0.717, 1.165) is 0 Å². The van der Waals surface area contributed by atoms with E-state index in [2.05, 4.69) is 14.7 Å². The van der Waals surface area contributed by atoms with Crippen LogP contribution in [0.4, 0.5) is 4.39 Å². The highest BCUT2D eigenvalue weighted by Crippen LogP contribution is 2.19. The van der Waals surface area contributed by atoms with Crippen molar-refractivity contribution in [2.45, 2.75) is 24.9 Å². The zero-order chi connectivity index (χ0) is 15.5. The minimum atomic E-state index is -3.76. The number of nitrogens with zero attached hydrogens (tertiary/aromatic N) is 2. The normalized spacial score (nSPS) is 11.6. The summed E-state index contributed by atoms with van der Waals surface area (Å²) in [5.74, 6) is -0.479. The number of nitrogens with one attached hydrogen (secondary N) is 1. The summed E-state index contributed by atoms with van der Waals surface area (Å²) in [6.45, 7) is 1.46. The molecular formula is C13H15FN4O2S. The molecule has 0 spiro atoms. The Morgan fingerprint density at radius 2 is 2.14 bits per heavy atom. The molecule has 0 saturated heterocycles. The van der Waals surface area contributed by atoms with Crippen LogP contribution in [0.25, 0.3) is 0 Å². The predicted molar refractivity (Wildman–Crippen MR) is 75.1 cm³/mol. The number of hydrogen-bond acceptors (Lipinski definition) is 5. The zero-order valence-corrected chi connectivity index (χ0v) is 12.2. The molecule has 0 aliphatic heterocycles. The Morgan fingerprint density at radius 3 is 2.76 bits per heavy atom. The second-order valence-corrected chi connectivity index (χ2v) is 6.21. The third kappa shape index (κ3) is 3.60. The molecule has 0 bridgehead atoms. The molecule has 112 valence electrons. The molecule has 0 fully saturated rings. The van der Waals surface area contributed by atoms with Gasteiger partial charge in [-0.1, -0.05) is 0 Å². The molecule has 0 amide bonds. The highest BCUT2D eigenvalue weighted by molar-refractivity contribution is 7.89. The average molecular weight is 310 g/mol. The highest BCUT2D eigenvalue weighted by Gasteiger charge is 2.17. The number of sulfonamides is 1. The van der Waals surface area contributed by atoms with Gasteiger partial charge in [0.1, 0.15) is 12.1 Å². The van der Waals surface area contributed by atoms with Crippen LogP contribution in [0, 0.1) is 12.7 Å². The first-order valence-electron chi connectivity index (χ1n) is 6.17. The van der Waals surface area contributed by atoms with E-state index in [0.29, 0.717) is 5.69 Å². The molecule has 1 aromatic heterocycles. The van der Waals surface area contributed by atoms with Gasteiger partial charge in [-0.15, -0.1) is 0 Å². The molecule has 3 N–H and O–H groups in total. The van der Waals surface area contributed by atoms with Gasteiger partial charge in [0.2, 0.25) is 10.0 Å². The van der Waals surface area contributed by atoms with Crippen LogP contribution in [0.1, 0.15) is 16.8 Å². The van der Waals surface area contributed by atoms with Crippen LogP contribution in [0.2, 0.25) is 0 Å². The largest absolute Gasteiger partial charge is 0.326 e. The third-order valence-corrected chi connectivity index (χ3v) is 4.30. The lowest BCUT2D eigenvalue weighted by Gasteiger charge is -2.10. The highest BCUT2D eigenvalue weighted by atomic mass is 32.2. The van der Waals surface area contributed by atoms with E-state index in [9.17, 15) is 12.8 Å². The number of benzene rings is 1. The molecule has 6 nitrogen and oxygen atoms in total. The van der Waals surface area contributed by atoms with Gasteiger partial charge in [-0.25, -0.2) is 27.5 Å². The predicted octanol–water partition coefficient (Wildman–Crippen LogP) is 0.861. The van der Waals surface area contributed by atoms with Gasteiger partial charge in [0, 0.05) is 18.3 Å². The van der Waals surface area contributed by atoms with Gasteiger partial charge >= 0.3 is 0 Å². The Balaban J connectivity index is 2.25. The van der Waals surface area contributed by atoms with E-state index in [-0.39, 0.29) is 29.1 Å². The summed E-state index contributed by atoms with van der Waals surface area (Å²) in [6.07, 6.45) is 2.85. The van der Waals surface area contributed by atoms with Gasteiger partial charge in [0.15, 0.2) is 0 Å². The van der Waals surface area contributed by atoms with E-state index in [1.807, 2.05) is 0 Å². The lowest BCUT2D eigenvalue weighted by Crippen LogP contribution is -2.24. The second kappa shape index (κ2) is 6.25. The quantitative estimate of drug-likeness (QED) is 0.853. The second-order valence-electron chi connectivity index (χ2n) is 4.44. The molecule has 2 aromatic rings. The van der Waals surface area contributed by atoms with Crippen LogP contribution in [-0.2, 0) is 23.1 Å². The Morgan fingerprint density at radius 1 is 1.38 bits per heavy atom. The standard InChI is InChI=1S/C13H15FN4O2S/c1-9-4-12(5-10(6-15)13(9)14)21(19,20)18-7-11-2-3-16-8-17-11/h2-5,8,18H,6-7,15H2,1H3. The SMILES string of the molecule is Cc1cc(S(=O)(=O)NCc2ccncn2)cc(CN)c1F. The molecular weight excluding hydrogens is 295 g/mol. The van der Waals surface area contributed by atoms with Crippen molar-refractivity contribution in [1.29, 1.82) is 0 Å². The van der Waals surface area contributed by atoms with Crippen molar-refractivity contribution in [3.63, 3.8) is 0 Å². The first-order chi connectivity index (χ1) is 9.94. The summed E-state index contributed by atoms with van der Waals surface area (Å²) in [4.78, 5) is 7.65. The number of aromatic nitrogens is 2. The van der Waals surface area contributed by atoms with Crippen LogP contribution >= 0.6 is 0 Å².